The lowest BCUT2D eigenvalue weighted by atomic mass is 10.1. The van der Waals surface area contributed by atoms with Crippen molar-refractivity contribution in [3.63, 3.8) is 0 Å². The molecule has 0 radical (unpaired) electrons. The number of aryl methyl sites for hydroxylation is 2. The molecule has 0 amide bonds. The third kappa shape index (κ3) is 5.02. The first-order chi connectivity index (χ1) is 10.0. The molecule has 1 heterocycles. The maximum absolute atomic E-state index is 11.3. The quantitative estimate of drug-likeness (QED) is 0.397. The molecule has 1 unspecified atom stereocenters. The third-order valence-corrected chi connectivity index (χ3v) is 3.59. The van der Waals surface area contributed by atoms with Crippen LogP contribution in [0.3, 0.4) is 0 Å². The van der Waals surface area contributed by atoms with E-state index in [1.807, 2.05) is 6.92 Å². The SMILES string of the molecule is CCCCCCC(C)Nc1c([N+](=O)[O-])c(C)nn1CCC. The van der Waals surface area contributed by atoms with Crippen LogP contribution in [0.5, 0.6) is 0 Å². The summed E-state index contributed by atoms with van der Waals surface area (Å²) in [4.78, 5) is 10.9. The minimum Gasteiger partial charge on any atom is -0.362 e. The van der Waals surface area contributed by atoms with Gasteiger partial charge in [-0.25, -0.2) is 4.68 Å². The van der Waals surface area contributed by atoms with E-state index in [1.165, 1.54) is 19.3 Å². The highest BCUT2D eigenvalue weighted by molar-refractivity contribution is 5.59. The largest absolute Gasteiger partial charge is 0.362 e. The average molecular weight is 296 g/mol. The molecular formula is C15H28N4O2. The van der Waals surface area contributed by atoms with E-state index < -0.39 is 0 Å². The predicted octanol–water partition coefficient (Wildman–Crippen LogP) is 4.28. The van der Waals surface area contributed by atoms with Crippen molar-refractivity contribution in [2.45, 2.75) is 78.8 Å². The maximum Gasteiger partial charge on any atom is 0.333 e. The normalized spacial score (nSPS) is 12.4. The van der Waals surface area contributed by atoms with Gasteiger partial charge in [0.15, 0.2) is 0 Å². The summed E-state index contributed by atoms with van der Waals surface area (Å²) in [6.45, 7) is 8.70. The average Bonchev–Trinajstić information content (AvgIpc) is 2.71. The van der Waals surface area contributed by atoms with Gasteiger partial charge in [0, 0.05) is 12.6 Å². The Morgan fingerprint density at radius 3 is 2.57 bits per heavy atom. The first-order valence-corrected chi connectivity index (χ1v) is 7.99. The summed E-state index contributed by atoms with van der Waals surface area (Å²) in [5.74, 6) is 0.558. The highest BCUT2D eigenvalue weighted by Gasteiger charge is 2.25. The van der Waals surface area contributed by atoms with Crippen LogP contribution in [0, 0.1) is 17.0 Å². The van der Waals surface area contributed by atoms with Gasteiger partial charge in [0.1, 0.15) is 5.69 Å². The number of nitrogens with zero attached hydrogens (tertiary/aromatic N) is 3. The van der Waals surface area contributed by atoms with E-state index in [2.05, 4.69) is 24.3 Å². The number of unbranched alkanes of at least 4 members (excludes halogenated alkanes) is 3. The number of hydrogen-bond acceptors (Lipinski definition) is 4. The van der Waals surface area contributed by atoms with Gasteiger partial charge in [0.25, 0.3) is 0 Å². The topological polar surface area (TPSA) is 73.0 Å². The third-order valence-electron chi connectivity index (χ3n) is 3.59. The van der Waals surface area contributed by atoms with Crippen molar-refractivity contribution in [1.82, 2.24) is 9.78 Å². The van der Waals surface area contributed by atoms with E-state index in [0.717, 1.165) is 19.3 Å². The highest BCUT2D eigenvalue weighted by atomic mass is 16.6. The molecule has 1 atom stereocenters. The van der Waals surface area contributed by atoms with Crippen molar-refractivity contribution in [3.05, 3.63) is 15.8 Å². The van der Waals surface area contributed by atoms with E-state index >= 15 is 0 Å². The molecule has 1 N–H and O–H groups in total. The smallest absolute Gasteiger partial charge is 0.333 e. The Morgan fingerprint density at radius 1 is 1.29 bits per heavy atom. The van der Waals surface area contributed by atoms with Crippen LogP contribution >= 0.6 is 0 Å². The van der Waals surface area contributed by atoms with E-state index in [0.29, 0.717) is 18.1 Å². The van der Waals surface area contributed by atoms with Gasteiger partial charge in [0.05, 0.1) is 4.92 Å². The van der Waals surface area contributed by atoms with Crippen molar-refractivity contribution in [1.29, 1.82) is 0 Å². The summed E-state index contributed by atoms with van der Waals surface area (Å²) in [7, 11) is 0. The van der Waals surface area contributed by atoms with Gasteiger partial charge in [0.2, 0.25) is 5.82 Å². The Labute approximate surface area is 127 Å². The molecule has 0 saturated heterocycles. The first-order valence-electron chi connectivity index (χ1n) is 7.99. The number of rotatable bonds is 10. The minimum absolute atomic E-state index is 0.115. The summed E-state index contributed by atoms with van der Waals surface area (Å²) in [5, 5.41) is 18.9. The minimum atomic E-state index is -0.333. The molecule has 6 heteroatoms. The number of nitrogens with one attached hydrogen (secondary N) is 1. The first kappa shape index (κ1) is 17.5. The van der Waals surface area contributed by atoms with Crippen molar-refractivity contribution >= 4 is 11.5 Å². The number of aromatic nitrogens is 2. The number of nitro groups is 1. The molecule has 1 aromatic heterocycles. The Morgan fingerprint density at radius 2 is 2.00 bits per heavy atom. The molecule has 0 aliphatic heterocycles. The Bertz CT molecular complexity index is 457. The fraction of sp³-hybridized carbons (Fsp3) is 0.800. The Hall–Kier alpha value is -1.59. The molecule has 1 aromatic rings. The monoisotopic (exact) mass is 296 g/mol. The van der Waals surface area contributed by atoms with Crippen molar-refractivity contribution in [2.75, 3.05) is 5.32 Å². The molecule has 21 heavy (non-hydrogen) atoms. The number of hydrogen-bond donors (Lipinski definition) is 1. The van der Waals surface area contributed by atoms with Gasteiger partial charge in [-0.05, 0) is 26.7 Å². The Balaban J connectivity index is 2.77. The zero-order chi connectivity index (χ0) is 15.8. The summed E-state index contributed by atoms with van der Waals surface area (Å²) in [6.07, 6.45) is 6.76. The lowest BCUT2D eigenvalue weighted by molar-refractivity contribution is -0.384. The lowest BCUT2D eigenvalue weighted by Gasteiger charge is -2.15. The van der Waals surface area contributed by atoms with Crippen LogP contribution in [0.15, 0.2) is 0 Å². The Kier molecular flexibility index (Phi) is 7.19. The second-order valence-corrected chi connectivity index (χ2v) is 5.66. The summed E-state index contributed by atoms with van der Waals surface area (Å²) >= 11 is 0. The molecule has 0 saturated carbocycles. The zero-order valence-corrected chi connectivity index (χ0v) is 13.7. The molecule has 0 aliphatic carbocycles. The maximum atomic E-state index is 11.3. The molecule has 0 aromatic carbocycles. The van der Waals surface area contributed by atoms with Crippen molar-refractivity contribution in [3.8, 4) is 0 Å². The van der Waals surface area contributed by atoms with Gasteiger partial charge in [-0.3, -0.25) is 10.1 Å². The zero-order valence-electron chi connectivity index (χ0n) is 13.7. The standard InChI is InChI=1S/C15H28N4O2/c1-5-7-8-9-10-12(3)16-15-14(19(20)21)13(4)17-18(15)11-6-2/h12,16H,5-11H2,1-4H3. The fourth-order valence-electron chi connectivity index (χ4n) is 2.49. The van der Waals surface area contributed by atoms with E-state index in [1.54, 1.807) is 11.6 Å². The second kappa shape index (κ2) is 8.64. The van der Waals surface area contributed by atoms with E-state index in [9.17, 15) is 10.1 Å². The molecule has 6 nitrogen and oxygen atoms in total. The van der Waals surface area contributed by atoms with Gasteiger partial charge in [-0.1, -0.05) is 39.5 Å². The molecular weight excluding hydrogens is 268 g/mol. The van der Waals surface area contributed by atoms with Crippen molar-refractivity contribution < 1.29 is 4.92 Å². The summed E-state index contributed by atoms with van der Waals surface area (Å²) in [5.41, 5.74) is 0.595. The molecule has 0 aliphatic rings. The van der Waals surface area contributed by atoms with Crippen LogP contribution in [0.1, 0.15) is 65.0 Å². The lowest BCUT2D eigenvalue weighted by Crippen LogP contribution is -2.19. The van der Waals surface area contributed by atoms with Gasteiger partial charge < -0.3 is 5.32 Å². The van der Waals surface area contributed by atoms with E-state index in [4.69, 9.17) is 0 Å². The molecule has 120 valence electrons. The molecule has 0 fully saturated rings. The van der Waals surface area contributed by atoms with Crippen LogP contribution in [-0.2, 0) is 6.54 Å². The second-order valence-electron chi connectivity index (χ2n) is 5.66. The predicted molar refractivity (Wildman–Crippen MR) is 85.8 cm³/mol. The van der Waals surface area contributed by atoms with Crippen LogP contribution in [0.25, 0.3) is 0 Å². The van der Waals surface area contributed by atoms with E-state index in [-0.39, 0.29) is 16.7 Å². The molecule has 0 bridgehead atoms. The molecule has 0 spiro atoms. The summed E-state index contributed by atoms with van der Waals surface area (Å²) < 4.78 is 1.73. The molecule has 1 rings (SSSR count). The van der Waals surface area contributed by atoms with Crippen molar-refractivity contribution in [2.24, 2.45) is 0 Å². The van der Waals surface area contributed by atoms with Gasteiger partial charge in [-0.15, -0.1) is 0 Å². The van der Waals surface area contributed by atoms with Gasteiger partial charge >= 0.3 is 5.69 Å². The van der Waals surface area contributed by atoms with Crippen LogP contribution < -0.4 is 5.32 Å². The summed E-state index contributed by atoms with van der Waals surface area (Å²) in [6, 6.07) is 0.215. The van der Waals surface area contributed by atoms with Crippen LogP contribution in [0.4, 0.5) is 11.5 Å². The highest BCUT2D eigenvalue weighted by Crippen LogP contribution is 2.29. The van der Waals surface area contributed by atoms with Crippen LogP contribution in [0.2, 0.25) is 0 Å². The van der Waals surface area contributed by atoms with Gasteiger partial charge in [-0.2, -0.15) is 5.10 Å². The van der Waals surface area contributed by atoms with Crippen LogP contribution in [-0.4, -0.2) is 20.7 Å². The fourth-order valence-corrected chi connectivity index (χ4v) is 2.49. The number of anilines is 1.